The van der Waals surface area contributed by atoms with Crippen molar-refractivity contribution in [2.45, 2.75) is 9.79 Å². The van der Waals surface area contributed by atoms with Gasteiger partial charge >= 0.3 is 0 Å². The zero-order valence-electron chi connectivity index (χ0n) is 13.1. The van der Waals surface area contributed by atoms with Crippen molar-refractivity contribution in [1.29, 1.82) is 0 Å². The average Bonchev–Trinajstić information content (AvgIpc) is 3.30. The first-order valence-electron chi connectivity index (χ1n) is 7.24. The molecule has 4 aromatic rings. The van der Waals surface area contributed by atoms with Gasteiger partial charge in [0.25, 0.3) is 0 Å². The van der Waals surface area contributed by atoms with Gasteiger partial charge in [-0.25, -0.2) is 4.98 Å². The molecule has 0 aliphatic heterocycles. The molecule has 0 amide bonds. The Kier molecular flexibility index (Phi) is 4.07. The molecule has 0 fully saturated rings. The molecule has 3 aromatic heterocycles. The Morgan fingerprint density at radius 3 is 2.88 bits per heavy atom. The van der Waals surface area contributed by atoms with Gasteiger partial charge in [0.05, 0.1) is 32.5 Å². The van der Waals surface area contributed by atoms with Gasteiger partial charge in [-0.15, -0.1) is 10.2 Å². The maximum Gasteiger partial charge on any atom is 0.206 e. The second kappa shape index (κ2) is 6.39. The van der Waals surface area contributed by atoms with E-state index in [-0.39, 0.29) is 0 Å². The van der Waals surface area contributed by atoms with E-state index < -0.39 is 10.8 Å². The highest BCUT2D eigenvalue weighted by Crippen LogP contribution is 2.39. The highest BCUT2D eigenvalue weighted by atomic mass is 32.2. The minimum atomic E-state index is -1.20. The van der Waals surface area contributed by atoms with E-state index >= 15 is 0 Å². The molecule has 0 radical (unpaired) electrons. The van der Waals surface area contributed by atoms with Crippen LogP contribution >= 0.6 is 11.9 Å². The maximum atomic E-state index is 12.1. The number of aromatic nitrogens is 6. The molecule has 1 unspecified atom stereocenters. The summed E-state index contributed by atoms with van der Waals surface area (Å²) in [5.41, 5.74) is 3.20. The SMILES string of the molecule is CS(=O)c1ccc(-c2cnc3ccccn23)c(-c2nn[nH]n2)c1SN. The number of fused-ring (bicyclic) bond motifs is 1. The first-order chi connectivity index (χ1) is 12.2. The van der Waals surface area contributed by atoms with E-state index in [0.29, 0.717) is 21.2 Å². The summed E-state index contributed by atoms with van der Waals surface area (Å²) < 4.78 is 14.1. The molecule has 0 spiro atoms. The van der Waals surface area contributed by atoms with E-state index in [0.717, 1.165) is 28.9 Å². The van der Waals surface area contributed by atoms with Crippen LogP contribution in [0.3, 0.4) is 0 Å². The minimum Gasteiger partial charge on any atom is -0.300 e. The highest BCUT2D eigenvalue weighted by molar-refractivity contribution is 7.97. The van der Waals surface area contributed by atoms with Crippen molar-refractivity contribution >= 4 is 28.4 Å². The normalized spacial score (nSPS) is 12.6. The highest BCUT2D eigenvalue weighted by Gasteiger charge is 2.22. The van der Waals surface area contributed by atoms with Crippen molar-refractivity contribution in [3.8, 4) is 22.6 Å². The lowest BCUT2D eigenvalue weighted by Gasteiger charge is -2.13. The number of aromatic amines is 1. The summed E-state index contributed by atoms with van der Waals surface area (Å²) in [5.74, 6) is 0.390. The third-order valence-electron chi connectivity index (χ3n) is 3.81. The number of pyridine rings is 1. The third-order valence-corrected chi connectivity index (χ3v) is 5.56. The number of nitrogens with one attached hydrogen (secondary N) is 1. The molecule has 25 heavy (non-hydrogen) atoms. The Balaban J connectivity index is 2.08. The molecule has 8 nitrogen and oxygen atoms in total. The molecule has 3 N–H and O–H groups in total. The van der Waals surface area contributed by atoms with Crippen LogP contribution in [0, 0.1) is 0 Å². The third kappa shape index (κ3) is 2.64. The predicted octanol–water partition coefficient (Wildman–Crippen LogP) is 1.88. The van der Waals surface area contributed by atoms with Crippen LogP contribution in [0.2, 0.25) is 0 Å². The molecule has 4 rings (SSSR count). The minimum absolute atomic E-state index is 0.390. The molecular weight excluding hydrogens is 358 g/mol. The summed E-state index contributed by atoms with van der Waals surface area (Å²) in [6.07, 6.45) is 5.32. The van der Waals surface area contributed by atoms with Gasteiger partial charge in [0, 0.05) is 23.6 Å². The van der Waals surface area contributed by atoms with E-state index in [1.165, 1.54) is 0 Å². The monoisotopic (exact) mass is 371 g/mol. The van der Waals surface area contributed by atoms with Crippen molar-refractivity contribution in [2.75, 3.05) is 6.26 Å². The lowest BCUT2D eigenvalue weighted by molar-refractivity contribution is 0.685. The van der Waals surface area contributed by atoms with Crippen LogP contribution in [0.15, 0.2) is 52.5 Å². The number of H-pyrrole nitrogens is 1. The zero-order chi connectivity index (χ0) is 17.4. The van der Waals surface area contributed by atoms with Gasteiger partial charge in [-0.1, -0.05) is 12.1 Å². The molecule has 0 aliphatic rings. The fourth-order valence-electron chi connectivity index (χ4n) is 2.74. The van der Waals surface area contributed by atoms with Crippen molar-refractivity contribution < 1.29 is 4.21 Å². The Labute approximate surface area is 149 Å². The maximum absolute atomic E-state index is 12.1. The smallest absolute Gasteiger partial charge is 0.206 e. The molecule has 0 saturated heterocycles. The van der Waals surface area contributed by atoms with Gasteiger partial charge in [-0.05, 0) is 35.4 Å². The van der Waals surface area contributed by atoms with Crippen LogP contribution in [-0.4, -0.2) is 40.5 Å². The molecule has 1 atom stereocenters. The molecule has 1 aromatic carbocycles. The number of tetrazole rings is 1. The Morgan fingerprint density at radius 1 is 1.28 bits per heavy atom. The summed E-state index contributed by atoms with van der Waals surface area (Å²) in [7, 11) is -1.20. The van der Waals surface area contributed by atoms with Gasteiger partial charge < -0.3 is 0 Å². The molecule has 10 heteroatoms. The van der Waals surface area contributed by atoms with Crippen LogP contribution in [-0.2, 0) is 10.8 Å². The summed E-state index contributed by atoms with van der Waals surface area (Å²) in [5, 5.41) is 20.2. The van der Waals surface area contributed by atoms with E-state index in [4.69, 9.17) is 5.14 Å². The van der Waals surface area contributed by atoms with Crippen LogP contribution in [0.25, 0.3) is 28.3 Å². The van der Waals surface area contributed by atoms with Crippen molar-refractivity contribution in [3.63, 3.8) is 0 Å². The van der Waals surface area contributed by atoms with Crippen molar-refractivity contribution in [2.24, 2.45) is 5.14 Å². The zero-order valence-corrected chi connectivity index (χ0v) is 14.7. The number of rotatable bonds is 4. The van der Waals surface area contributed by atoms with Crippen molar-refractivity contribution in [3.05, 3.63) is 42.7 Å². The van der Waals surface area contributed by atoms with E-state index in [2.05, 4.69) is 25.6 Å². The first-order valence-corrected chi connectivity index (χ1v) is 9.68. The van der Waals surface area contributed by atoms with Crippen LogP contribution in [0.5, 0.6) is 0 Å². The summed E-state index contributed by atoms with van der Waals surface area (Å²) in [6, 6.07) is 9.48. The lowest BCUT2D eigenvalue weighted by atomic mass is 10.0. The summed E-state index contributed by atoms with van der Waals surface area (Å²) >= 11 is 1.02. The number of benzene rings is 1. The molecule has 126 valence electrons. The number of nitrogens with two attached hydrogens (primary N) is 1. The Bertz CT molecular complexity index is 1070. The Morgan fingerprint density at radius 2 is 2.16 bits per heavy atom. The Hall–Kier alpha value is -2.56. The van der Waals surface area contributed by atoms with E-state index in [1.807, 2.05) is 40.9 Å². The van der Waals surface area contributed by atoms with Crippen LogP contribution in [0.1, 0.15) is 0 Å². The lowest BCUT2D eigenvalue weighted by Crippen LogP contribution is -2.00. The largest absolute Gasteiger partial charge is 0.300 e. The number of imidazole rings is 1. The van der Waals surface area contributed by atoms with Gasteiger partial charge in [0.1, 0.15) is 5.65 Å². The molecule has 0 bridgehead atoms. The molecule has 3 heterocycles. The average molecular weight is 371 g/mol. The first kappa shape index (κ1) is 15.9. The summed E-state index contributed by atoms with van der Waals surface area (Å²) in [4.78, 5) is 5.72. The van der Waals surface area contributed by atoms with E-state index in [1.54, 1.807) is 12.5 Å². The van der Waals surface area contributed by atoms with Gasteiger partial charge in [-0.2, -0.15) is 5.21 Å². The topological polar surface area (TPSA) is 115 Å². The quantitative estimate of drug-likeness (QED) is 0.526. The fourth-order valence-corrected chi connectivity index (χ4v) is 4.36. The number of hydrogen-bond donors (Lipinski definition) is 2. The predicted molar refractivity (Wildman–Crippen MR) is 96.2 cm³/mol. The fraction of sp³-hybridized carbons (Fsp3) is 0.0667. The second-order valence-corrected chi connectivity index (χ2v) is 7.19. The second-order valence-electron chi connectivity index (χ2n) is 5.20. The van der Waals surface area contributed by atoms with Gasteiger partial charge in [0.15, 0.2) is 0 Å². The standard InChI is InChI=1S/C15H13N7OS2/c1-25(23)11-6-5-9(10-8-17-12-4-2-3-7-22(10)12)13(14(11)24-16)15-18-20-21-19-15/h2-8H,16H2,1H3,(H,18,19,20,21). The molecule has 0 aliphatic carbocycles. The number of nitrogens with zero attached hydrogens (tertiary/aromatic N) is 5. The van der Waals surface area contributed by atoms with E-state index in [9.17, 15) is 4.21 Å². The molecular formula is C15H13N7OS2. The van der Waals surface area contributed by atoms with Crippen molar-refractivity contribution in [1.82, 2.24) is 30.0 Å². The van der Waals surface area contributed by atoms with Crippen LogP contribution in [0.4, 0.5) is 0 Å². The number of hydrogen-bond acceptors (Lipinski definition) is 7. The van der Waals surface area contributed by atoms with Gasteiger partial charge in [0.2, 0.25) is 5.82 Å². The van der Waals surface area contributed by atoms with Crippen LogP contribution < -0.4 is 5.14 Å². The summed E-state index contributed by atoms with van der Waals surface area (Å²) in [6.45, 7) is 0. The van der Waals surface area contributed by atoms with Gasteiger partial charge in [-0.3, -0.25) is 13.7 Å². The molecule has 0 saturated carbocycles.